The molecule has 1 aromatic rings. The lowest BCUT2D eigenvalue weighted by Gasteiger charge is -2.17. The summed E-state index contributed by atoms with van der Waals surface area (Å²) < 4.78 is 0. The first kappa shape index (κ1) is 11.5. The quantitative estimate of drug-likeness (QED) is 0.732. The highest BCUT2D eigenvalue weighted by molar-refractivity contribution is 5.58. The van der Waals surface area contributed by atoms with E-state index in [2.05, 4.69) is 11.0 Å². The summed E-state index contributed by atoms with van der Waals surface area (Å²) in [6, 6.07) is 18.0. The van der Waals surface area contributed by atoms with Crippen molar-refractivity contribution in [3.63, 3.8) is 0 Å². The molecule has 0 aliphatic carbocycles. The minimum Gasteiger partial charge on any atom is -0.370 e. The third-order valence-electron chi connectivity index (χ3n) is 2.92. The van der Waals surface area contributed by atoms with E-state index in [4.69, 9.17) is 0 Å². The van der Waals surface area contributed by atoms with Crippen LogP contribution in [0.25, 0.3) is 0 Å². The molecule has 1 fully saturated rings. The number of hydrogen-bond acceptors (Lipinski definition) is 2. The molecule has 2 heteroatoms. The lowest BCUT2D eigenvalue weighted by Crippen LogP contribution is -2.18. The first-order valence-electron chi connectivity index (χ1n) is 5.99. The molecule has 0 saturated carbocycles. The summed E-state index contributed by atoms with van der Waals surface area (Å²) in [6.45, 7) is 2.11. The Morgan fingerprint density at radius 3 is 2.12 bits per heavy atom. The molecule has 0 aromatic heterocycles. The highest BCUT2D eigenvalue weighted by atomic mass is 15.1. The molecular weight excluding hydrogens is 208 g/mol. The highest BCUT2D eigenvalue weighted by Gasteiger charge is 2.13. The molecule has 0 spiro atoms. The molecule has 2 nitrogen and oxygen atoms in total. The monoisotopic (exact) mass is 224 g/mol. The van der Waals surface area contributed by atoms with E-state index in [0.717, 1.165) is 24.3 Å². The van der Waals surface area contributed by atoms with E-state index < -0.39 is 0 Å². The molecule has 1 aliphatic rings. The number of nitrogens with zero attached hydrogens (tertiary/aromatic N) is 2. The van der Waals surface area contributed by atoms with Gasteiger partial charge in [0.25, 0.3) is 0 Å². The smallest absolute Gasteiger partial charge is 0.101 e. The second kappa shape index (κ2) is 5.91. The van der Waals surface area contributed by atoms with Crippen LogP contribution in [0.4, 0.5) is 5.69 Å². The van der Waals surface area contributed by atoms with Gasteiger partial charge in [-0.2, -0.15) is 5.26 Å². The first-order valence-corrected chi connectivity index (χ1v) is 5.99. The average Bonchev–Trinajstić information content (AvgIpc) is 2.88. The normalized spacial score (nSPS) is 13.9. The fraction of sp³-hybridized carbons (Fsp3) is 0.267. The van der Waals surface area contributed by atoms with Crippen molar-refractivity contribution in [2.24, 2.45) is 0 Å². The zero-order valence-electron chi connectivity index (χ0n) is 9.84. The molecule has 0 atom stereocenters. The topological polar surface area (TPSA) is 27.0 Å². The second-order valence-corrected chi connectivity index (χ2v) is 4.09. The molecule has 2 rings (SSSR count). The van der Waals surface area contributed by atoms with Gasteiger partial charge in [-0.15, -0.1) is 0 Å². The van der Waals surface area contributed by atoms with Crippen LogP contribution in [-0.2, 0) is 0 Å². The summed E-state index contributed by atoms with van der Waals surface area (Å²) in [5.74, 6) is 0. The van der Waals surface area contributed by atoms with Crippen LogP contribution in [0.2, 0.25) is 0 Å². The van der Waals surface area contributed by atoms with Crippen LogP contribution < -0.4 is 4.90 Å². The van der Waals surface area contributed by atoms with Crippen LogP contribution in [0.5, 0.6) is 0 Å². The third kappa shape index (κ3) is 2.98. The summed E-state index contributed by atoms with van der Waals surface area (Å²) >= 11 is 0. The van der Waals surface area contributed by atoms with E-state index in [1.165, 1.54) is 12.8 Å². The highest BCUT2D eigenvalue weighted by Crippen LogP contribution is 2.22. The number of anilines is 1. The standard InChI is InChI=1S/C15H16N2/c16-13-14-9-5-3-1-2-4-6-10-15(14)17-11-7-8-12-17/h1-6,9-10H,7-8,11-12H2. The summed E-state index contributed by atoms with van der Waals surface area (Å²) in [5.41, 5.74) is 1.78. The van der Waals surface area contributed by atoms with Crippen LogP contribution in [0.15, 0.2) is 48.5 Å². The lowest BCUT2D eigenvalue weighted by atomic mass is 10.2. The van der Waals surface area contributed by atoms with Crippen LogP contribution >= 0.6 is 0 Å². The summed E-state index contributed by atoms with van der Waals surface area (Å²) in [5, 5.41) is 9.24. The van der Waals surface area contributed by atoms with Crippen LogP contribution in [0, 0.1) is 11.3 Å². The molecule has 1 aliphatic heterocycles. The van der Waals surface area contributed by atoms with E-state index in [1.807, 2.05) is 48.5 Å². The summed E-state index contributed by atoms with van der Waals surface area (Å²) in [6.07, 6.45) is 2.44. The lowest BCUT2D eigenvalue weighted by molar-refractivity contribution is 0.949. The Morgan fingerprint density at radius 1 is 0.882 bits per heavy atom. The average molecular weight is 224 g/mol. The van der Waals surface area contributed by atoms with Gasteiger partial charge in [0, 0.05) is 13.1 Å². The molecule has 0 N–H and O–H groups in total. The Kier molecular flexibility index (Phi) is 3.99. The van der Waals surface area contributed by atoms with Crippen molar-refractivity contribution in [1.29, 1.82) is 5.26 Å². The summed E-state index contributed by atoms with van der Waals surface area (Å²) in [7, 11) is 0. The fourth-order valence-electron chi connectivity index (χ4n) is 2.06. The van der Waals surface area contributed by atoms with E-state index in [0.29, 0.717) is 0 Å². The van der Waals surface area contributed by atoms with E-state index in [9.17, 15) is 5.26 Å². The van der Waals surface area contributed by atoms with Gasteiger partial charge in [-0.1, -0.05) is 36.4 Å². The predicted molar refractivity (Wildman–Crippen MR) is 70.2 cm³/mol. The molecule has 1 aromatic carbocycles. The number of nitriles is 1. The molecule has 86 valence electrons. The van der Waals surface area contributed by atoms with Crippen molar-refractivity contribution >= 4 is 5.69 Å². The molecule has 1 saturated heterocycles. The van der Waals surface area contributed by atoms with Crippen molar-refractivity contribution < 1.29 is 0 Å². The van der Waals surface area contributed by atoms with E-state index in [-0.39, 0.29) is 0 Å². The Bertz CT molecular complexity index is 467. The largest absolute Gasteiger partial charge is 0.370 e. The van der Waals surface area contributed by atoms with Crippen LogP contribution in [-0.4, -0.2) is 13.1 Å². The Labute approximate surface area is 102 Å². The fourth-order valence-corrected chi connectivity index (χ4v) is 2.06. The van der Waals surface area contributed by atoms with Crippen molar-refractivity contribution in [2.75, 3.05) is 18.0 Å². The van der Waals surface area contributed by atoms with Gasteiger partial charge in [-0.3, -0.25) is 0 Å². The summed E-state index contributed by atoms with van der Waals surface area (Å²) in [4.78, 5) is 2.29. The number of hydrogen-bond donors (Lipinski definition) is 0. The van der Waals surface area contributed by atoms with E-state index in [1.54, 1.807) is 0 Å². The maximum Gasteiger partial charge on any atom is 0.101 e. The van der Waals surface area contributed by atoms with Gasteiger partial charge >= 0.3 is 0 Å². The van der Waals surface area contributed by atoms with Gasteiger partial charge in [0.1, 0.15) is 6.07 Å². The van der Waals surface area contributed by atoms with Crippen molar-refractivity contribution in [3.8, 4) is 6.07 Å². The maximum absolute atomic E-state index is 9.24. The molecule has 0 bridgehead atoms. The van der Waals surface area contributed by atoms with Gasteiger partial charge in [-0.25, -0.2) is 0 Å². The SMILES string of the molecule is N#Cc1ccccccccc1N1CCCC1. The van der Waals surface area contributed by atoms with E-state index >= 15 is 0 Å². The van der Waals surface area contributed by atoms with Gasteiger partial charge in [0.2, 0.25) is 0 Å². The van der Waals surface area contributed by atoms with Crippen LogP contribution in [0.3, 0.4) is 0 Å². The molecular formula is C15H16N2. The maximum atomic E-state index is 9.24. The number of rotatable bonds is 1. The Balaban J connectivity index is 2.51. The van der Waals surface area contributed by atoms with Gasteiger partial charge in [0.15, 0.2) is 0 Å². The van der Waals surface area contributed by atoms with Crippen LogP contribution in [0.1, 0.15) is 18.4 Å². The van der Waals surface area contributed by atoms with Gasteiger partial charge < -0.3 is 4.90 Å². The Morgan fingerprint density at radius 2 is 1.47 bits per heavy atom. The minimum absolute atomic E-state index is 0.739. The molecule has 0 unspecified atom stereocenters. The zero-order chi connectivity index (χ0) is 11.9. The van der Waals surface area contributed by atoms with Gasteiger partial charge in [-0.05, 0) is 25.0 Å². The second-order valence-electron chi connectivity index (χ2n) is 4.09. The zero-order valence-corrected chi connectivity index (χ0v) is 9.84. The first-order chi connectivity index (χ1) is 8.42. The van der Waals surface area contributed by atoms with Crippen molar-refractivity contribution in [2.45, 2.75) is 12.8 Å². The molecule has 17 heavy (non-hydrogen) atoms. The molecule has 1 heterocycles. The molecule has 0 amide bonds. The predicted octanol–water partition coefficient (Wildman–Crippen LogP) is 3.28. The van der Waals surface area contributed by atoms with Crippen molar-refractivity contribution in [1.82, 2.24) is 0 Å². The minimum atomic E-state index is 0.739. The molecule has 0 radical (unpaired) electrons. The van der Waals surface area contributed by atoms with Gasteiger partial charge in [0.05, 0.1) is 11.3 Å². The van der Waals surface area contributed by atoms with Crippen molar-refractivity contribution in [3.05, 3.63) is 54.1 Å². The third-order valence-corrected chi connectivity index (χ3v) is 2.92. The Hall–Kier alpha value is -2.01.